The highest BCUT2D eigenvalue weighted by molar-refractivity contribution is 5.95. The Morgan fingerprint density at radius 2 is 1.62 bits per heavy atom. The summed E-state index contributed by atoms with van der Waals surface area (Å²) in [7, 11) is 0. The third-order valence-electron chi connectivity index (χ3n) is 2.97. The number of carbonyl (C=O) groups is 1. The predicted molar refractivity (Wildman–Crippen MR) is 73.1 cm³/mol. The Labute approximate surface area is 119 Å². The van der Waals surface area contributed by atoms with E-state index in [1.807, 2.05) is 12.2 Å². The zero-order valence-corrected chi connectivity index (χ0v) is 11.2. The van der Waals surface area contributed by atoms with Crippen LogP contribution in [0.4, 0.5) is 18.9 Å². The lowest BCUT2D eigenvalue weighted by Gasteiger charge is -2.14. The second-order valence-corrected chi connectivity index (χ2v) is 4.62. The molecule has 0 fully saturated rings. The van der Waals surface area contributed by atoms with Crippen LogP contribution in [0.2, 0.25) is 0 Å². The minimum absolute atomic E-state index is 0.482. The van der Waals surface area contributed by atoms with E-state index < -0.39 is 35.1 Å². The van der Waals surface area contributed by atoms with E-state index in [1.165, 1.54) is 0 Å². The first-order valence-corrected chi connectivity index (χ1v) is 6.16. The van der Waals surface area contributed by atoms with Gasteiger partial charge < -0.3 is 11.1 Å². The number of hydrogen-bond donors (Lipinski definition) is 2. The van der Waals surface area contributed by atoms with Crippen molar-refractivity contribution >= 4 is 11.6 Å². The number of rotatable bonds is 3. The first-order valence-electron chi connectivity index (χ1n) is 6.16. The summed E-state index contributed by atoms with van der Waals surface area (Å²) in [5.74, 6) is -4.25. The van der Waals surface area contributed by atoms with Crippen molar-refractivity contribution in [2.75, 3.05) is 5.32 Å². The van der Waals surface area contributed by atoms with Crippen LogP contribution in [-0.2, 0) is 4.79 Å². The molecule has 21 heavy (non-hydrogen) atoms. The molecule has 1 unspecified atom stereocenters. The van der Waals surface area contributed by atoms with Gasteiger partial charge in [0.1, 0.15) is 17.5 Å². The maximum atomic E-state index is 13.5. The molecule has 1 atom stereocenters. The van der Waals surface area contributed by atoms with E-state index in [1.54, 1.807) is 24.3 Å². The number of amides is 1. The average molecular weight is 294 g/mol. The molecule has 2 rings (SSSR count). The molecule has 2 aromatic rings. The van der Waals surface area contributed by atoms with Gasteiger partial charge in [-0.15, -0.1) is 0 Å². The summed E-state index contributed by atoms with van der Waals surface area (Å²) in [5.41, 5.74) is 6.51. The third-order valence-corrected chi connectivity index (χ3v) is 2.97. The fraction of sp³-hybridized carbons (Fsp3) is 0.133. The zero-order chi connectivity index (χ0) is 15.6. The molecule has 0 bridgehead atoms. The Balaban J connectivity index is 2.20. The van der Waals surface area contributed by atoms with E-state index >= 15 is 0 Å². The fourth-order valence-electron chi connectivity index (χ4n) is 1.79. The van der Waals surface area contributed by atoms with Gasteiger partial charge in [0.25, 0.3) is 0 Å². The van der Waals surface area contributed by atoms with Crippen LogP contribution < -0.4 is 11.1 Å². The van der Waals surface area contributed by atoms with Gasteiger partial charge in [0.2, 0.25) is 5.91 Å². The van der Waals surface area contributed by atoms with Crippen LogP contribution in [0, 0.1) is 24.4 Å². The van der Waals surface area contributed by atoms with Crippen molar-refractivity contribution in [3.05, 3.63) is 65.0 Å². The largest absolute Gasteiger partial charge is 0.320 e. The Hall–Kier alpha value is -2.34. The number of nitrogens with one attached hydrogen (secondary N) is 1. The topological polar surface area (TPSA) is 55.1 Å². The molecule has 3 N–H and O–H groups in total. The Morgan fingerprint density at radius 1 is 1.10 bits per heavy atom. The molecule has 0 saturated carbocycles. The molecule has 0 heterocycles. The number of halogens is 3. The number of nitrogens with two attached hydrogens (primary N) is 1. The second-order valence-electron chi connectivity index (χ2n) is 4.62. The zero-order valence-electron chi connectivity index (χ0n) is 11.2. The van der Waals surface area contributed by atoms with Gasteiger partial charge in [0.05, 0.1) is 0 Å². The van der Waals surface area contributed by atoms with Crippen LogP contribution in [0.5, 0.6) is 0 Å². The van der Waals surface area contributed by atoms with Crippen molar-refractivity contribution in [2.24, 2.45) is 5.73 Å². The lowest BCUT2D eigenvalue weighted by atomic mass is 10.1. The average Bonchev–Trinajstić information content (AvgIpc) is 2.42. The Morgan fingerprint density at radius 3 is 2.14 bits per heavy atom. The van der Waals surface area contributed by atoms with E-state index in [4.69, 9.17) is 5.73 Å². The Kier molecular flexibility index (Phi) is 4.28. The maximum absolute atomic E-state index is 13.5. The highest BCUT2D eigenvalue weighted by Gasteiger charge is 2.20. The molecule has 0 aliphatic rings. The molecule has 0 spiro atoms. The monoisotopic (exact) mass is 294 g/mol. The molecule has 110 valence electrons. The van der Waals surface area contributed by atoms with Gasteiger partial charge in [-0.05, 0) is 12.5 Å². The van der Waals surface area contributed by atoms with Gasteiger partial charge in [0.15, 0.2) is 11.6 Å². The highest BCUT2D eigenvalue weighted by Crippen LogP contribution is 2.22. The lowest BCUT2D eigenvalue weighted by molar-refractivity contribution is -0.117. The molecule has 6 heteroatoms. The van der Waals surface area contributed by atoms with E-state index in [2.05, 4.69) is 0 Å². The van der Waals surface area contributed by atoms with Crippen LogP contribution in [0.25, 0.3) is 0 Å². The van der Waals surface area contributed by atoms with Gasteiger partial charge in [-0.25, -0.2) is 13.2 Å². The number of carbonyl (C=O) groups excluding carboxylic acids is 1. The molecule has 0 saturated heterocycles. The lowest BCUT2D eigenvalue weighted by Crippen LogP contribution is -2.28. The first-order chi connectivity index (χ1) is 9.88. The van der Waals surface area contributed by atoms with E-state index in [-0.39, 0.29) is 0 Å². The van der Waals surface area contributed by atoms with E-state index in [0.29, 0.717) is 17.7 Å². The van der Waals surface area contributed by atoms with E-state index in [0.717, 1.165) is 5.56 Å². The number of aryl methyl sites for hydroxylation is 1. The fourth-order valence-corrected chi connectivity index (χ4v) is 1.79. The third kappa shape index (κ3) is 3.41. The smallest absolute Gasteiger partial charge is 0.246 e. The molecular formula is C15H13F3N2O. The second kappa shape index (κ2) is 5.97. The van der Waals surface area contributed by atoms with Gasteiger partial charge in [-0.3, -0.25) is 4.79 Å². The summed E-state index contributed by atoms with van der Waals surface area (Å²) in [6.07, 6.45) is 0. The van der Waals surface area contributed by atoms with Gasteiger partial charge in [-0.2, -0.15) is 0 Å². The van der Waals surface area contributed by atoms with Crippen molar-refractivity contribution in [2.45, 2.75) is 13.0 Å². The normalized spacial score (nSPS) is 12.0. The molecule has 0 aliphatic carbocycles. The van der Waals surface area contributed by atoms with Gasteiger partial charge in [-0.1, -0.05) is 29.8 Å². The minimum atomic E-state index is -1.20. The maximum Gasteiger partial charge on any atom is 0.246 e. The van der Waals surface area contributed by atoms with Crippen molar-refractivity contribution in [3.63, 3.8) is 0 Å². The van der Waals surface area contributed by atoms with E-state index in [9.17, 15) is 18.0 Å². The molecule has 3 nitrogen and oxygen atoms in total. The Bertz CT molecular complexity index is 648. The molecule has 2 aromatic carbocycles. The molecule has 0 radical (unpaired) electrons. The van der Waals surface area contributed by atoms with Crippen LogP contribution >= 0.6 is 0 Å². The van der Waals surface area contributed by atoms with Gasteiger partial charge in [0, 0.05) is 12.1 Å². The summed E-state index contributed by atoms with van der Waals surface area (Å²) >= 11 is 0. The van der Waals surface area contributed by atoms with Gasteiger partial charge >= 0.3 is 0 Å². The molecule has 0 aliphatic heterocycles. The summed E-state index contributed by atoms with van der Waals surface area (Å²) in [5, 5.41) is 2.04. The van der Waals surface area contributed by atoms with Crippen molar-refractivity contribution < 1.29 is 18.0 Å². The highest BCUT2D eigenvalue weighted by atomic mass is 19.1. The summed E-state index contributed by atoms with van der Waals surface area (Å²) in [6, 6.07) is 6.71. The van der Waals surface area contributed by atoms with Crippen molar-refractivity contribution in [1.29, 1.82) is 0 Å². The number of anilines is 1. The molecule has 1 amide bonds. The van der Waals surface area contributed by atoms with Crippen LogP contribution in [0.15, 0.2) is 36.4 Å². The predicted octanol–water partition coefficient (Wildman–Crippen LogP) is 3.05. The first kappa shape index (κ1) is 15.1. The summed E-state index contributed by atoms with van der Waals surface area (Å²) < 4.78 is 39.7. The number of hydrogen-bond acceptors (Lipinski definition) is 2. The van der Waals surface area contributed by atoms with Crippen LogP contribution in [0.1, 0.15) is 17.2 Å². The molecular weight excluding hydrogens is 281 g/mol. The SMILES string of the molecule is Cc1ccc(C(N)C(=O)Nc2c(F)cc(F)cc2F)cc1. The van der Waals surface area contributed by atoms with Crippen molar-refractivity contribution in [3.8, 4) is 0 Å². The van der Waals surface area contributed by atoms with Crippen molar-refractivity contribution in [1.82, 2.24) is 0 Å². The quantitative estimate of drug-likeness (QED) is 0.914. The molecule has 0 aromatic heterocycles. The number of benzene rings is 2. The van der Waals surface area contributed by atoms with Crippen LogP contribution in [-0.4, -0.2) is 5.91 Å². The van der Waals surface area contributed by atoms with Crippen LogP contribution in [0.3, 0.4) is 0 Å². The minimum Gasteiger partial charge on any atom is -0.320 e. The summed E-state index contributed by atoms with van der Waals surface area (Å²) in [6.45, 7) is 1.87. The standard InChI is InChI=1S/C15H13F3N2O/c1-8-2-4-9(5-3-8)13(19)15(21)20-14-11(17)6-10(16)7-12(14)18/h2-7,13H,19H2,1H3,(H,20,21). The summed E-state index contributed by atoms with van der Waals surface area (Å²) in [4.78, 5) is 11.9.